The number of hydrogen-bond donors (Lipinski definition) is 2. The third kappa shape index (κ3) is 4.12. The van der Waals surface area contributed by atoms with Crippen molar-refractivity contribution < 1.29 is 23.9 Å². The van der Waals surface area contributed by atoms with Crippen LogP contribution in [-0.4, -0.2) is 48.5 Å². The molecule has 2 aromatic carbocycles. The van der Waals surface area contributed by atoms with Gasteiger partial charge in [-0.25, -0.2) is 4.79 Å². The molecule has 0 unspecified atom stereocenters. The fourth-order valence-corrected chi connectivity index (χ4v) is 3.83. The number of para-hydroxylation sites is 2. The molecule has 1 fully saturated rings. The summed E-state index contributed by atoms with van der Waals surface area (Å²) >= 11 is 0. The van der Waals surface area contributed by atoms with Gasteiger partial charge in [-0.05, 0) is 36.1 Å². The average Bonchev–Trinajstić information content (AvgIpc) is 3.01. The Balaban J connectivity index is 1.35. The highest BCUT2D eigenvalue weighted by Crippen LogP contribution is 2.31. The van der Waals surface area contributed by atoms with Crippen molar-refractivity contribution in [2.45, 2.75) is 38.3 Å². The van der Waals surface area contributed by atoms with Gasteiger partial charge in [0, 0.05) is 0 Å². The Hall–Kier alpha value is -3.55. The minimum absolute atomic E-state index is 0.199. The van der Waals surface area contributed by atoms with Crippen molar-refractivity contribution in [2.75, 3.05) is 19.7 Å². The van der Waals surface area contributed by atoms with Crippen LogP contribution >= 0.6 is 0 Å². The van der Waals surface area contributed by atoms with Gasteiger partial charge in [0.15, 0.2) is 11.5 Å². The summed E-state index contributed by atoms with van der Waals surface area (Å²) < 4.78 is 11.4. The number of urea groups is 1. The molecule has 2 aliphatic rings. The molecule has 2 heterocycles. The summed E-state index contributed by atoms with van der Waals surface area (Å²) in [6.45, 7) is 5.95. The van der Waals surface area contributed by atoms with Gasteiger partial charge in [0.2, 0.25) is 5.91 Å². The van der Waals surface area contributed by atoms with Crippen molar-refractivity contribution in [1.29, 1.82) is 0 Å². The second-order valence-corrected chi connectivity index (χ2v) is 8.52. The minimum atomic E-state index is -1.21. The van der Waals surface area contributed by atoms with E-state index in [1.807, 2.05) is 42.5 Å². The summed E-state index contributed by atoms with van der Waals surface area (Å²) in [7, 11) is 0. The highest BCUT2D eigenvalue weighted by Gasteiger charge is 2.49. The number of rotatable bonds is 6. The number of nitrogens with zero attached hydrogens (tertiary/aromatic N) is 1. The molecule has 2 atom stereocenters. The molecule has 0 radical (unpaired) electrons. The van der Waals surface area contributed by atoms with E-state index < -0.39 is 23.4 Å². The van der Waals surface area contributed by atoms with Crippen LogP contribution in [0.3, 0.4) is 0 Å². The first-order chi connectivity index (χ1) is 15.3. The Kier molecular flexibility index (Phi) is 5.78. The van der Waals surface area contributed by atoms with Crippen molar-refractivity contribution >= 4 is 17.8 Å². The normalized spacial score (nSPS) is 22.1. The smallest absolute Gasteiger partial charge is 0.325 e. The van der Waals surface area contributed by atoms with Crippen LogP contribution in [0.5, 0.6) is 11.5 Å². The maximum atomic E-state index is 13.1. The van der Waals surface area contributed by atoms with Gasteiger partial charge in [-0.1, -0.05) is 50.2 Å². The standard InChI is InChI=1S/C24H27N3O5/c1-15(2)16-8-10-17(11-9-16)24(3)22(29)27(23(30)26-24)13-21(28)25-12-18-14-31-19-6-4-5-7-20(19)32-18/h4-11,15,18H,12-14H2,1-3H3,(H,25,28)(H,26,30)/t18-,24+/m0/s1. The van der Waals surface area contributed by atoms with Crippen LogP contribution in [0.15, 0.2) is 48.5 Å². The maximum Gasteiger partial charge on any atom is 0.325 e. The van der Waals surface area contributed by atoms with Gasteiger partial charge in [0.05, 0.1) is 6.54 Å². The van der Waals surface area contributed by atoms with E-state index in [1.54, 1.807) is 13.0 Å². The molecule has 4 amide bonds. The Bertz CT molecular complexity index is 1040. The Morgan fingerprint density at radius 2 is 1.84 bits per heavy atom. The van der Waals surface area contributed by atoms with Gasteiger partial charge in [-0.15, -0.1) is 0 Å². The number of nitrogens with one attached hydrogen (secondary N) is 2. The second-order valence-electron chi connectivity index (χ2n) is 8.52. The monoisotopic (exact) mass is 437 g/mol. The molecule has 1 saturated heterocycles. The number of carbonyl (C=O) groups excluding carboxylic acids is 3. The van der Waals surface area contributed by atoms with Crippen LogP contribution in [0, 0.1) is 0 Å². The molecule has 0 spiro atoms. The third-order valence-electron chi connectivity index (χ3n) is 5.83. The van der Waals surface area contributed by atoms with Gasteiger partial charge in [-0.2, -0.15) is 0 Å². The summed E-state index contributed by atoms with van der Waals surface area (Å²) in [4.78, 5) is 39.0. The minimum Gasteiger partial charge on any atom is -0.486 e. The van der Waals surface area contributed by atoms with E-state index >= 15 is 0 Å². The van der Waals surface area contributed by atoms with Crippen molar-refractivity contribution in [3.05, 3.63) is 59.7 Å². The van der Waals surface area contributed by atoms with Gasteiger partial charge >= 0.3 is 6.03 Å². The summed E-state index contributed by atoms with van der Waals surface area (Å²) in [5, 5.41) is 5.45. The van der Waals surface area contributed by atoms with Crippen LogP contribution < -0.4 is 20.1 Å². The SMILES string of the molecule is CC(C)c1ccc([C@@]2(C)NC(=O)N(CC(=O)NC[C@H]3COc4ccccc4O3)C2=O)cc1. The molecule has 168 valence electrons. The number of benzene rings is 2. The van der Waals surface area contributed by atoms with E-state index in [1.165, 1.54) is 0 Å². The maximum absolute atomic E-state index is 13.1. The molecule has 2 N–H and O–H groups in total. The van der Waals surface area contributed by atoms with Crippen molar-refractivity contribution in [2.24, 2.45) is 0 Å². The zero-order chi connectivity index (χ0) is 22.9. The Morgan fingerprint density at radius 1 is 1.16 bits per heavy atom. The number of amides is 4. The number of hydrogen-bond acceptors (Lipinski definition) is 5. The van der Waals surface area contributed by atoms with Crippen LogP contribution in [0.1, 0.15) is 37.8 Å². The fourth-order valence-electron chi connectivity index (χ4n) is 3.83. The number of fused-ring (bicyclic) bond motifs is 1. The zero-order valence-corrected chi connectivity index (χ0v) is 18.4. The average molecular weight is 437 g/mol. The molecule has 2 aliphatic heterocycles. The lowest BCUT2D eigenvalue weighted by Gasteiger charge is -2.26. The molecule has 0 aliphatic carbocycles. The number of ether oxygens (including phenoxy) is 2. The topological polar surface area (TPSA) is 97.0 Å². The molecule has 32 heavy (non-hydrogen) atoms. The second kappa shape index (κ2) is 8.53. The third-order valence-corrected chi connectivity index (χ3v) is 5.83. The number of imide groups is 1. The van der Waals surface area contributed by atoms with Crippen molar-refractivity contribution in [3.63, 3.8) is 0 Å². The number of carbonyl (C=O) groups is 3. The van der Waals surface area contributed by atoms with Gasteiger partial charge in [0.25, 0.3) is 5.91 Å². The largest absolute Gasteiger partial charge is 0.486 e. The van der Waals surface area contributed by atoms with Gasteiger partial charge < -0.3 is 20.1 Å². The van der Waals surface area contributed by atoms with Gasteiger partial charge in [-0.3, -0.25) is 14.5 Å². The zero-order valence-electron chi connectivity index (χ0n) is 18.4. The lowest BCUT2D eigenvalue weighted by molar-refractivity contribution is -0.134. The molecule has 8 nitrogen and oxygen atoms in total. The molecule has 0 bridgehead atoms. The first-order valence-corrected chi connectivity index (χ1v) is 10.7. The van der Waals surface area contributed by atoms with Crippen LogP contribution in [0.4, 0.5) is 4.79 Å². The van der Waals surface area contributed by atoms with E-state index in [2.05, 4.69) is 24.5 Å². The van der Waals surface area contributed by atoms with Crippen molar-refractivity contribution in [3.8, 4) is 11.5 Å². The predicted octanol–water partition coefficient (Wildman–Crippen LogP) is 2.53. The molecule has 0 saturated carbocycles. The fraction of sp³-hybridized carbons (Fsp3) is 0.375. The highest BCUT2D eigenvalue weighted by molar-refractivity contribution is 6.09. The summed E-state index contributed by atoms with van der Waals surface area (Å²) in [6.07, 6.45) is -0.360. The lowest BCUT2D eigenvalue weighted by Crippen LogP contribution is -2.46. The van der Waals surface area contributed by atoms with E-state index in [-0.39, 0.29) is 19.2 Å². The summed E-state index contributed by atoms with van der Waals surface area (Å²) in [6, 6.07) is 14.3. The van der Waals surface area contributed by atoms with Crippen LogP contribution in [0.2, 0.25) is 0 Å². The molecule has 0 aromatic heterocycles. The molecular formula is C24H27N3O5. The van der Waals surface area contributed by atoms with Gasteiger partial charge in [0.1, 0.15) is 24.8 Å². The van der Waals surface area contributed by atoms with E-state index in [0.717, 1.165) is 10.5 Å². The first kappa shape index (κ1) is 21.7. The lowest BCUT2D eigenvalue weighted by atomic mass is 9.90. The van der Waals surface area contributed by atoms with Crippen molar-refractivity contribution in [1.82, 2.24) is 15.5 Å². The molecular weight excluding hydrogens is 410 g/mol. The Morgan fingerprint density at radius 3 is 2.53 bits per heavy atom. The summed E-state index contributed by atoms with van der Waals surface area (Å²) in [5.41, 5.74) is 0.605. The molecule has 4 rings (SSSR count). The van der Waals surface area contributed by atoms with Crippen LogP contribution in [-0.2, 0) is 15.1 Å². The Labute approximate surface area is 186 Å². The van der Waals surface area contributed by atoms with E-state index in [4.69, 9.17) is 9.47 Å². The quantitative estimate of drug-likeness (QED) is 0.677. The first-order valence-electron chi connectivity index (χ1n) is 10.7. The van der Waals surface area contributed by atoms with Crippen LogP contribution in [0.25, 0.3) is 0 Å². The van der Waals surface area contributed by atoms with E-state index in [9.17, 15) is 14.4 Å². The molecule has 2 aromatic rings. The summed E-state index contributed by atoms with van der Waals surface area (Å²) in [5.74, 6) is 0.732. The highest BCUT2D eigenvalue weighted by atomic mass is 16.6. The molecule has 8 heteroatoms. The predicted molar refractivity (Wildman–Crippen MR) is 117 cm³/mol. The van der Waals surface area contributed by atoms with E-state index in [0.29, 0.717) is 29.6 Å².